The number of thiocarbonyl (C=S) groups is 1. The fourth-order valence-electron chi connectivity index (χ4n) is 1.03. The van der Waals surface area contributed by atoms with Gasteiger partial charge in [-0.1, -0.05) is 0 Å². The van der Waals surface area contributed by atoms with Crippen molar-refractivity contribution < 1.29 is 19.7 Å². The summed E-state index contributed by atoms with van der Waals surface area (Å²) in [6, 6.07) is 4.30. The molecule has 0 aliphatic carbocycles. The molecule has 0 aliphatic heterocycles. The number of hydrogen-bond donors (Lipinski definition) is 4. The van der Waals surface area contributed by atoms with Gasteiger partial charge in [-0.3, -0.25) is 5.43 Å². The lowest BCUT2D eigenvalue weighted by Gasteiger charge is -2.05. The van der Waals surface area contributed by atoms with Gasteiger partial charge < -0.3 is 20.7 Å². The number of benzene rings is 1. The second-order valence-electron chi connectivity index (χ2n) is 3.14. The summed E-state index contributed by atoms with van der Waals surface area (Å²) >= 11 is 4.54. The van der Waals surface area contributed by atoms with Crippen LogP contribution in [0.3, 0.4) is 0 Å². The van der Waals surface area contributed by atoms with Gasteiger partial charge in [0.1, 0.15) is 11.5 Å². The molecule has 1 aromatic carbocycles. The maximum atomic E-state index is 10.3. The SMILES string of the molecule is NC(=S)N/N=C/c1ccc(OCC(=O)O)cc1O. The Bertz CT molecular complexity index is 490. The molecule has 0 heterocycles. The minimum Gasteiger partial charge on any atom is -0.507 e. The number of nitrogens with one attached hydrogen (secondary N) is 1. The van der Waals surface area contributed by atoms with Gasteiger partial charge in [-0.05, 0) is 24.4 Å². The highest BCUT2D eigenvalue weighted by Crippen LogP contribution is 2.22. The Hall–Kier alpha value is -2.35. The van der Waals surface area contributed by atoms with E-state index in [0.29, 0.717) is 5.56 Å². The number of hydrazone groups is 1. The van der Waals surface area contributed by atoms with Gasteiger partial charge >= 0.3 is 5.97 Å². The number of aromatic hydroxyl groups is 1. The maximum absolute atomic E-state index is 10.3. The summed E-state index contributed by atoms with van der Waals surface area (Å²) in [6.45, 7) is -0.476. The van der Waals surface area contributed by atoms with E-state index in [1.165, 1.54) is 24.4 Å². The molecule has 96 valence electrons. The van der Waals surface area contributed by atoms with E-state index in [9.17, 15) is 9.90 Å². The third-order valence-electron chi connectivity index (χ3n) is 1.74. The first kappa shape index (κ1) is 13.7. The fourth-order valence-corrected chi connectivity index (χ4v) is 1.09. The Balaban J connectivity index is 2.70. The number of carbonyl (C=O) groups is 1. The number of nitrogens with two attached hydrogens (primary N) is 1. The molecule has 5 N–H and O–H groups in total. The molecule has 0 atom stereocenters. The molecule has 0 aliphatic rings. The number of hydrogen-bond acceptors (Lipinski definition) is 5. The molecule has 0 bridgehead atoms. The normalized spacial score (nSPS) is 10.2. The van der Waals surface area contributed by atoms with Crippen molar-refractivity contribution >= 4 is 29.5 Å². The minimum atomic E-state index is -1.10. The van der Waals surface area contributed by atoms with Gasteiger partial charge in [-0.25, -0.2) is 4.79 Å². The summed E-state index contributed by atoms with van der Waals surface area (Å²) in [5, 5.41) is 21.7. The number of phenols is 1. The van der Waals surface area contributed by atoms with Crippen LogP contribution in [0.4, 0.5) is 0 Å². The zero-order valence-corrected chi connectivity index (χ0v) is 9.98. The van der Waals surface area contributed by atoms with Crippen molar-refractivity contribution in [2.75, 3.05) is 6.61 Å². The van der Waals surface area contributed by atoms with Crippen molar-refractivity contribution in [3.8, 4) is 11.5 Å². The van der Waals surface area contributed by atoms with Crippen molar-refractivity contribution in [1.82, 2.24) is 5.43 Å². The van der Waals surface area contributed by atoms with Gasteiger partial charge in [-0.15, -0.1) is 0 Å². The molecule has 0 saturated heterocycles. The van der Waals surface area contributed by atoms with E-state index in [2.05, 4.69) is 22.7 Å². The lowest BCUT2D eigenvalue weighted by Crippen LogP contribution is -2.23. The van der Waals surface area contributed by atoms with E-state index >= 15 is 0 Å². The Morgan fingerprint density at radius 1 is 1.61 bits per heavy atom. The average Bonchev–Trinajstić information content (AvgIpc) is 2.28. The first-order chi connectivity index (χ1) is 8.49. The third kappa shape index (κ3) is 4.66. The first-order valence-electron chi connectivity index (χ1n) is 4.75. The third-order valence-corrected chi connectivity index (χ3v) is 1.83. The zero-order valence-electron chi connectivity index (χ0n) is 9.16. The predicted molar refractivity (Wildman–Crippen MR) is 68.8 cm³/mol. The second-order valence-corrected chi connectivity index (χ2v) is 3.58. The summed E-state index contributed by atoms with van der Waals surface area (Å²) in [7, 11) is 0. The molecule has 18 heavy (non-hydrogen) atoms. The second kappa shape index (κ2) is 6.40. The average molecular weight is 269 g/mol. The lowest BCUT2D eigenvalue weighted by molar-refractivity contribution is -0.139. The van der Waals surface area contributed by atoms with E-state index in [1.54, 1.807) is 0 Å². The van der Waals surface area contributed by atoms with E-state index < -0.39 is 12.6 Å². The van der Waals surface area contributed by atoms with E-state index in [-0.39, 0.29) is 16.6 Å². The van der Waals surface area contributed by atoms with Crippen molar-refractivity contribution in [3.05, 3.63) is 23.8 Å². The van der Waals surface area contributed by atoms with Gasteiger partial charge in [0, 0.05) is 11.6 Å². The number of carboxylic acid groups (broad SMARTS) is 1. The van der Waals surface area contributed by atoms with Gasteiger partial charge in [0.2, 0.25) is 0 Å². The Kier molecular flexibility index (Phi) is 4.88. The highest BCUT2D eigenvalue weighted by atomic mass is 32.1. The van der Waals surface area contributed by atoms with Crippen molar-refractivity contribution in [3.63, 3.8) is 0 Å². The molecular weight excluding hydrogens is 258 g/mol. The molecule has 1 aromatic rings. The standard InChI is InChI=1S/C10H11N3O4S/c11-10(18)13-12-4-6-1-2-7(3-8(6)14)17-5-9(15)16/h1-4,14H,5H2,(H,15,16)(H3,11,13,18)/b12-4+. The van der Waals surface area contributed by atoms with Crippen LogP contribution in [0.15, 0.2) is 23.3 Å². The number of phenolic OH excluding ortho intramolecular Hbond substituents is 1. The molecule has 0 aromatic heterocycles. The molecule has 0 spiro atoms. The van der Waals surface area contributed by atoms with Crippen LogP contribution in [0, 0.1) is 0 Å². The fraction of sp³-hybridized carbons (Fsp3) is 0.100. The largest absolute Gasteiger partial charge is 0.507 e. The summed E-state index contributed by atoms with van der Waals surface area (Å²) in [4.78, 5) is 10.3. The van der Waals surface area contributed by atoms with Gasteiger partial charge in [0.05, 0.1) is 6.21 Å². The molecule has 0 radical (unpaired) electrons. The highest BCUT2D eigenvalue weighted by Gasteiger charge is 2.03. The van der Waals surface area contributed by atoms with E-state index in [1.807, 2.05) is 0 Å². The smallest absolute Gasteiger partial charge is 0.341 e. The molecule has 0 saturated carbocycles. The molecule has 8 heteroatoms. The topological polar surface area (TPSA) is 117 Å². The van der Waals surface area contributed by atoms with Crippen molar-refractivity contribution in [2.45, 2.75) is 0 Å². The van der Waals surface area contributed by atoms with Crippen LogP contribution in [-0.4, -0.2) is 34.1 Å². The van der Waals surface area contributed by atoms with Gasteiger partial charge in [0.15, 0.2) is 11.7 Å². The first-order valence-corrected chi connectivity index (χ1v) is 5.16. The Morgan fingerprint density at radius 2 is 2.33 bits per heavy atom. The van der Waals surface area contributed by atoms with Crippen molar-refractivity contribution in [1.29, 1.82) is 0 Å². The summed E-state index contributed by atoms with van der Waals surface area (Å²) in [6.07, 6.45) is 1.31. The number of nitrogens with zero attached hydrogens (tertiary/aromatic N) is 1. The van der Waals surface area contributed by atoms with Crippen LogP contribution >= 0.6 is 12.2 Å². The minimum absolute atomic E-state index is 0.00662. The number of ether oxygens (including phenoxy) is 1. The van der Waals surface area contributed by atoms with Crippen molar-refractivity contribution in [2.24, 2.45) is 10.8 Å². The van der Waals surface area contributed by atoms with Crippen LogP contribution in [0.1, 0.15) is 5.56 Å². The number of rotatable bonds is 5. The maximum Gasteiger partial charge on any atom is 0.341 e. The lowest BCUT2D eigenvalue weighted by atomic mass is 10.2. The number of carboxylic acids is 1. The van der Waals surface area contributed by atoms with E-state index in [0.717, 1.165) is 0 Å². The van der Waals surface area contributed by atoms with Crippen LogP contribution in [0.2, 0.25) is 0 Å². The number of aliphatic carboxylic acids is 1. The molecular formula is C10H11N3O4S. The van der Waals surface area contributed by atoms with E-state index in [4.69, 9.17) is 15.6 Å². The molecule has 0 fully saturated rings. The van der Waals surface area contributed by atoms with Crippen LogP contribution in [0.25, 0.3) is 0 Å². The zero-order chi connectivity index (χ0) is 13.5. The van der Waals surface area contributed by atoms with Crippen LogP contribution < -0.4 is 15.9 Å². The van der Waals surface area contributed by atoms with Crippen LogP contribution in [-0.2, 0) is 4.79 Å². The quantitative estimate of drug-likeness (QED) is 0.338. The monoisotopic (exact) mass is 269 g/mol. The predicted octanol–water partition coefficient (Wildman–Crippen LogP) is 0.0227. The molecule has 1 rings (SSSR count). The summed E-state index contributed by atoms with van der Waals surface area (Å²) in [5.74, 6) is -0.957. The molecule has 7 nitrogen and oxygen atoms in total. The van der Waals surface area contributed by atoms with Gasteiger partial charge in [-0.2, -0.15) is 5.10 Å². The Morgan fingerprint density at radius 3 is 2.89 bits per heavy atom. The van der Waals surface area contributed by atoms with Gasteiger partial charge in [0.25, 0.3) is 0 Å². The summed E-state index contributed by atoms with van der Waals surface area (Å²) < 4.78 is 4.89. The molecule has 0 amide bonds. The van der Waals surface area contributed by atoms with Crippen LogP contribution in [0.5, 0.6) is 11.5 Å². The molecule has 0 unspecified atom stereocenters. The highest BCUT2D eigenvalue weighted by molar-refractivity contribution is 7.80. The summed E-state index contributed by atoms with van der Waals surface area (Å²) in [5.41, 5.74) is 7.89. The Labute approximate surface area is 108 Å².